The van der Waals surface area contributed by atoms with E-state index in [2.05, 4.69) is 10.1 Å². The molecule has 4 nitrogen and oxygen atoms in total. The van der Waals surface area contributed by atoms with E-state index in [1.165, 1.54) is 0 Å². The molecule has 0 saturated carbocycles. The minimum atomic E-state index is -2.72. The van der Waals surface area contributed by atoms with E-state index in [9.17, 15) is 13.6 Å². The van der Waals surface area contributed by atoms with E-state index in [4.69, 9.17) is 0 Å². The highest BCUT2D eigenvalue weighted by Crippen LogP contribution is 2.17. The number of halogens is 2. The number of aromatic amines is 1. The molecule has 0 fully saturated rings. The van der Waals surface area contributed by atoms with E-state index in [1.807, 2.05) is 0 Å². The molecule has 2 aromatic heterocycles. The fraction of sp³-hybridized carbons (Fsp3) is 0.333. The first kappa shape index (κ1) is 9.82. The van der Waals surface area contributed by atoms with Gasteiger partial charge in [0, 0.05) is 17.3 Å². The van der Waals surface area contributed by atoms with Gasteiger partial charge in [-0.05, 0) is 13.8 Å². The second-order valence-corrected chi connectivity index (χ2v) is 3.34. The maximum absolute atomic E-state index is 12.4. The number of hydrogen-bond acceptors (Lipinski definition) is 2. The third-order valence-corrected chi connectivity index (χ3v) is 2.34. The van der Waals surface area contributed by atoms with Gasteiger partial charge in [-0.2, -0.15) is 0 Å². The molecule has 0 bridgehead atoms. The van der Waals surface area contributed by atoms with Crippen molar-refractivity contribution in [1.29, 1.82) is 0 Å². The molecule has 0 aliphatic carbocycles. The zero-order valence-corrected chi connectivity index (χ0v) is 8.21. The van der Waals surface area contributed by atoms with E-state index in [0.29, 0.717) is 5.56 Å². The van der Waals surface area contributed by atoms with Crippen molar-refractivity contribution in [1.82, 2.24) is 14.6 Å². The van der Waals surface area contributed by atoms with Crippen LogP contribution in [0, 0.1) is 13.8 Å². The van der Waals surface area contributed by atoms with Crippen LogP contribution in [0.25, 0.3) is 5.65 Å². The predicted molar refractivity (Wildman–Crippen MR) is 50.2 cm³/mol. The lowest BCUT2D eigenvalue weighted by Crippen LogP contribution is -2.15. The van der Waals surface area contributed by atoms with Crippen molar-refractivity contribution in [3.8, 4) is 0 Å². The monoisotopic (exact) mass is 213 g/mol. The lowest BCUT2D eigenvalue weighted by Gasteiger charge is -1.98. The van der Waals surface area contributed by atoms with Crippen LogP contribution in [0.15, 0.2) is 10.9 Å². The van der Waals surface area contributed by atoms with Gasteiger partial charge in [0.2, 0.25) is 0 Å². The zero-order chi connectivity index (χ0) is 11.2. The Morgan fingerprint density at radius 1 is 1.47 bits per heavy atom. The Morgan fingerprint density at radius 2 is 2.13 bits per heavy atom. The van der Waals surface area contributed by atoms with Crippen LogP contribution in [0.5, 0.6) is 0 Å². The van der Waals surface area contributed by atoms with Crippen LogP contribution in [0.1, 0.15) is 23.4 Å². The SMILES string of the molecule is Cc1[nH]n2c(=O)cc(C(F)F)nc2c1C. The first-order valence-corrected chi connectivity index (χ1v) is 4.37. The summed E-state index contributed by atoms with van der Waals surface area (Å²) in [4.78, 5) is 15.2. The number of rotatable bonds is 1. The van der Waals surface area contributed by atoms with Gasteiger partial charge in [-0.3, -0.25) is 9.89 Å². The Hall–Kier alpha value is -1.72. The number of nitrogens with zero attached hydrogens (tertiary/aromatic N) is 2. The summed E-state index contributed by atoms with van der Waals surface area (Å²) in [7, 11) is 0. The highest BCUT2D eigenvalue weighted by Gasteiger charge is 2.14. The number of aryl methyl sites for hydroxylation is 2. The summed E-state index contributed by atoms with van der Waals surface area (Å²) < 4.78 is 25.9. The summed E-state index contributed by atoms with van der Waals surface area (Å²) in [6, 6.07) is 0.840. The van der Waals surface area contributed by atoms with Crippen LogP contribution in [-0.2, 0) is 0 Å². The van der Waals surface area contributed by atoms with Gasteiger partial charge in [-0.1, -0.05) is 0 Å². The molecule has 0 atom stereocenters. The first-order valence-electron chi connectivity index (χ1n) is 4.37. The van der Waals surface area contributed by atoms with Crippen molar-refractivity contribution in [3.63, 3.8) is 0 Å². The van der Waals surface area contributed by atoms with Crippen molar-refractivity contribution in [2.45, 2.75) is 20.3 Å². The highest BCUT2D eigenvalue weighted by molar-refractivity contribution is 5.49. The van der Waals surface area contributed by atoms with Crippen molar-refractivity contribution < 1.29 is 8.78 Å². The smallest absolute Gasteiger partial charge is 0.280 e. The van der Waals surface area contributed by atoms with Crippen LogP contribution in [0.4, 0.5) is 8.78 Å². The molecule has 1 N–H and O–H groups in total. The summed E-state index contributed by atoms with van der Waals surface area (Å²) >= 11 is 0. The number of alkyl halides is 2. The van der Waals surface area contributed by atoms with Gasteiger partial charge in [0.15, 0.2) is 5.65 Å². The summed E-state index contributed by atoms with van der Waals surface area (Å²) in [6.07, 6.45) is -2.72. The summed E-state index contributed by atoms with van der Waals surface area (Å²) in [5.41, 5.74) is 0.699. The summed E-state index contributed by atoms with van der Waals surface area (Å²) in [5.74, 6) is 0. The molecule has 2 heterocycles. The maximum atomic E-state index is 12.4. The number of nitrogens with one attached hydrogen (secondary N) is 1. The second-order valence-electron chi connectivity index (χ2n) is 3.34. The average molecular weight is 213 g/mol. The molecular formula is C9H9F2N3O. The fourth-order valence-corrected chi connectivity index (χ4v) is 1.39. The highest BCUT2D eigenvalue weighted by atomic mass is 19.3. The molecule has 0 spiro atoms. The van der Waals surface area contributed by atoms with Crippen molar-refractivity contribution in [2.75, 3.05) is 0 Å². The Bertz CT molecular complexity index is 570. The van der Waals surface area contributed by atoms with Crippen LogP contribution >= 0.6 is 0 Å². The predicted octanol–water partition coefficient (Wildman–Crippen LogP) is 1.58. The largest absolute Gasteiger partial charge is 0.294 e. The molecule has 0 aliphatic heterocycles. The van der Waals surface area contributed by atoms with Crippen molar-refractivity contribution >= 4 is 5.65 Å². The third kappa shape index (κ3) is 1.42. The fourth-order valence-electron chi connectivity index (χ4n) is 1.39. The van der Waals surface area contributed by atoms with Crippen LogP contribution in [0.3, 0.4) is 0 Å². The van der Waals surface area contributed by atoms with Gasteiger partial charge >= 0.3 is 0 Å². The minimum absolute atomic E-state index is 0.260. The van der Waals surface area contributed by atoms with Gasteiger partial charge in [0.05, 0.1) is 0 Å². The molecule has 2 rings (SSSR count). The quantitative estimate of drug-likeness (QED) is 0.781. The molecule has 6 heteroatoms. The topological polar surface area (TPSA) is 50.2 Å². The normalized spacial score (nSPS) is 11.5. The number of hydrogen-bond donors (Lipinski definition) is 1. The van der Waals surface area contributed by atoms with Gasteiger partial charge in [-0.25, -0.2) is 18.3 Å². The third-order valence-electron chi connectivity index (χ3n) is 2.34. The minimum Gasteiger partial charge on any atom is -0.294 e. The molecule has 0 saturated heterocycles. The molecule has 2 aromatic rings. The molecule has 80 valence electrons. The van der Waals surface area contributed by atoms with E-state index >= 15 is 0 Å². The van der Waals surface area contributed by atoms with Crippen LogP contribution in [-0.4, -0.2) is 14.6 Å². The molecule has 0 amide bonds. The molecule has 15 heavy (non-hydrogen) atoms. The average Bonchev–Trinajstić information content (AvgIpc) is 2.45. The van der Waals surface area contributed by atoms with Gasteiger partial charge in [0.1, 0.15) is 5.69 Å². The first-order chi connectivity index (χ1) is 7.00. The number of aromatic nitrogens is 3. The lowest BCUT2D eigenvalue weighted by atomic mass is 10.3. The van der Waals surface area contributed by atoms with E-state index in [1.54, 1.807) is 13.8 Å². The summed E-state index contributed by atoms with van der Waals surface area (Å²) in [6.45, 7) is 3.48. The van der Waals surface area contributed by atoms with Crippen LogP contribution in [0.2, 0.25) is 0 Å². The number of H-pyrrole nitrogens is 1. The van der Waals surface area contributed by atoms with Crippen molar-refractivity contribution in [2.24, 2.45) is 0 Å². The Balaban J connectivity index is 2.86. The molecule has 0 radical (unpaired) electrons. The van der Waals surface area contributed by atoms with Gasteiger partial charge in [0.25, 0.3) is 12.0 Å². The summed E-state index contributed by atoms with van der Waals surface area (Å²) in [5, 5.41) is 2.76. The molecule has 0 unspecified atom stereocenters. The maximum Gasteiger partial charge on any atom is 0.280 e. The molecular weight excluding hydrogens is 204 g/mol. The van der Waals surface area contributed by atoms with Gasteiger partial charge < -0.3 is 0 Å². The Morgan fingerprint density at radius 3 is 2.73 bits per heavy atom. The van der Waals surface area contributed by atoms with Gasteiger partial charge in [-0.15, -0.1) is 0 Å². The number of fused-ring (bicyclic) bond motifs is 1. The van der Waals surface area contributed by atoms with Crippen molar-refractivity contribution in [3.05, 3.63) is 33.4 Å². The second kappa shape index (κ2) is 3.15. The molecule has 0 aromatic carbocycles. The van der Waals surface area contributed by atoms with E-state index in [0.717, 1.165) is 16.3 Å². The zero-order valence-electron chi connectivity index (χ0n) is 8.21. The van der Waals surface area contributed by atoms with E-state index in [-0.39, 0.29) is 5.65 Å². The Kier molecular flexibility index (Phi) is 2.06. The van der Waals surface area contributed by atoms with E-state index < -0.39 is 17.7 Å². The standard InChI is InChI=1S/C9H9F2N3O/c1-4-5(2)13-14-7(15)3-6(8(10)11)12-9(4)14/h3,8,13H,1-2H3. The Labute approximate surface area is 83.5 Å². The molecule has 0 aliphatic rings. The van der Waals surface area contributed by atoms with Crippen LogP contribution < -0.4 is 5.56 Å². The lowest BCUT2D eigenvalue weighted by molar-refractivity contribution is 0.146.